The summed E-state index contributed by atoms with van der Waals surface area (Å²) in [4.78, 5) is 11.9. The van der Waals surface area contributed by atoms with Crippen LogP contribution in [0, 0.1) is 5.92 Å². The molecule has 112 valence electrons. The molecule has 1 aromatic rings. The summed E-state index contributed by atoms with van der Waals surface area (Å²) in [5.74, 6) is 0.796. The zero-order chi connectivity index (χ0) is 15.2. The van der Waals surface area contributed by atoms with E-state index in [1.807, 2.05) is 12.1 Å². The molecule has 1 N–H and O–H groups in total. The Bertz CT molecular complexity index is 410. The van der Waals surface area contributed by atoms with Crippen LogP contribution in [0.25, 0.3) is 0 Å². The highest BCUT2D eigenvalue weighted by atomic mass is 16.1. The molecule has 0 atom stereocenters. The fourth-order valence-electron chi connectivity index (χ4n) is 2.31. The van der Waals surface area contributed by atoms with E-state index >= 15 is 0 Å². The fourth-order valence-corrected chi connectivity index (χ4v) is 2.31. The predicted octanol–water partition coefficient (Wildman–Crippen LogP) is 5.14. The van der Waals surface area contributed by atoms with E-state index in [1.54, 1.807) is 0 Å². The molecule has 1 aromatic carbocycles. The monoisotopic (exact) mass is 275 g/mol. The number of anilines is 1. The van der Waals surface area contributed by atoms with Crippen molar-refractivity contribution in [3.63, 3.8) is 0 Å². The number of hydrogen-bond acceptors (Lipinski definition) is 1. The van der Waals surface area contributed by atoms with Crippen molar-refractivity contribution in [2.75, 3.05) is 5.32 Å². The van der Waals surface area contributed by atoms with Crippen molar-refractivity contribution in [3.8, 4) is 0 Å². The third-order valence-electron chi connectivity index (χ3n) is 3.97. The first-order valence-electron chi connectivity index (χ1n) is 7.77. The van der Waals surface area contributed by atoms with Gasteiger partial charge < -0.3 is 5.32 Å². The van der Waals surface area contributed by atoms with Crippen LogP contribution in [0.1, 0.15) is 65.9 Å². The first-order valence-corrected chi connectivity index (χ1v) is 7.77. The van der Waals surface area contributed by atoms with Crippen LogP contribution in [0.3, 0.4) is 0 Å². The molecule has 20 heavy (non-hydrogen) atoms. The molecular weight excluding hydrogens is 246 g/mol. The molecule has 1 rings (SSSR count). The van der Waals surface area contributed by atoms with E-state index in [0.717, 1.165) is 24.9 Å². The molecule has 0 saturated carbocycles. The summed E-state index contributed by atoms with van der Waals surface area (Å²) in [6.07, 6.45) is 3.92. The molecule has 2 heteroatoms. The second-order valence-electron chi connectivity index (χ2n) is 6.60. The molecule has 0 aliphatic rings. The zero-order valence-corrected chi connectivity index (χ0v) is 13.6. The van der Waals surface area contributed by atoms with Crippen LogP contribution in [-0.2, 0) is 10.2 Å². The highest BCUT2D eigenvalue weighted by molar-refractivity contribution is 5.90. The second-order valence-corrected chi connectivity index (χ2v) is 6.60. The van der Waals surface area contributed by atoms with Gasteiger partial charge in [-0.3, -0.25) is 4.79 Å². The standard InChI is InChI=1S/C18H29NO/c1-6-14(7-2)8-13-17(20)19-16-11-9-15(10-12-16)18(3,4)5/h9-12,14H,6-8,13H2,1-5H3,(H,19,20). The lowest BCUT2D eigenvalue weighted by molar-refractivity contribution is -0.116. The van der Waals surface area contributed by atoms with Crippen molar-refractivity contribution in [1.29, 1.82) is 0 Å². The van der Waals surface area contributed by atoms with Gasteiger partial charge in [0.1, 0.15) is 0 Å². The van der Waals surface area contributed by atoms with E-state index in [4.69, 9.17) is 0 Å². The average Bonchev–Trinajstić information content (AvgIpc) is 2.39. The minimum absolute atomic E-state index is 0.125. The number of benzene rings is 1. The van der Waals surface area contributed by atoms with Gasteiger partial charge in [-0.2, -0.15) is 0 Å². The smallest absolute Gasteiger partial charge is 0.224 e. The lowest BCUT2D eigenvalue weighted by Gasteiger charge is -2.19. The van der Waals surface area contributed by atoms with Gasteiger partial charge >= 0.3 is 0 Å². The lowest BCUT2D eigenvalue weighted by Crippen LogP contribution is -2.14. The summed E-state index contributed by atoms with van der Waals surface area (Å²) in [5, 5.41) is 2.99. The highest BCUT2D eigenvalue weighted by Gasteiger charge is 2.13. The Hall–Kier alpha value is -1.31. The minimum atomic E-state index is 0.125. The Labute approximate surface area is 124 Å². The van der Waals surface area contributed by atoms with E-state index in [2.05, 4.69) is 52.1 Å². The van der Waals surface area contributed by atoms with Crippen molar-refractivity contribution in [2.24, 2.45) is 5.92 Å². The summed E-state index contributed by atoms with van der Waals surface area (Å²) in [7, 11) is 0. The first kappa shape index (κ1) is 16.7. The Morgan fingerprint density at radius 2 is 1.65 bits per heavy atom. The number of nitrogens with one attached hydrogen (secondary N) is 1. The van der Waals surface area contributed by atoms with Crippen LogP contribution < -0.4 is 5.32 Å². The molecule has 0 aliphatic heterocycles. The third kappa shape index (κ3) is 5.36. The van der Waals surface area contributed by atoms with Crippen molar-refractivity contribution >= 4 is 11.6 Å². The van der Waals surface area contributed by atoms with Crippen molar-refractivity contribution in [1.82, 2.24) is 0 Å². The molecule has 0 heterocycles. The number of amides is 1. The second kappa shape index (κ2) is 7.47. The molecule has 0 spiro atoms. The number of carbonyl (C=O) groups excluding carboxylic acids is 1. The maximum absolute atomic E-state index is 11.9. The molecule has 0 aromatic heterocycles. The van der Waals surface area contributed by atoms with Crippen LogP contribution in [0.4, 0.5) is 5.69 Å². The molecule has 0 aliphatic carbocycles. The van der Waals surface area contributed by atoms with Gasteiger partial charge in [-0.25, -0.2) is 0 Å². The Balaban J connectivity index is 2.50. The van der Waals surface area contributed by atoms with Gasteiger partial charge in [0, 0.05) is 12.1 Å². The normalized spacial score (nSPS) is 11.7. The van der Waals surface area contributed by atoms with E-state index in [0.29, 0.717) is 12.3 Å². The Kier molecular flexibility index (Phi) is 6.25. The van der Waals surface area contributed by atoms with E-state index in [-0.39, 0.29) is 11.3 Å². The van der Waals surface area contributed by atoms with Gasteiger partial charge in [-0.15, -0.1) is 0 Å². The minimum Gasteiger partial charge on any atom is -0.326 e. The lowest BCUT2D eigenvalue weighted by atomic mass is 9.87. The topological polar surface area (TPSA) is 29.1 Å². The largest absolute Gasteiger partial charge is 0.326 e. The first-order chi connectivity index (χ1) is 9.36. The molecule has 0 fully saturated rings. The third-order valence-corrected chi connectivity index (χ3v) is 3.97. The van der Waals surface area contributed by atoms with Gasteiger partial charge in [-0.1, -0.05) is 59.6 Å². The number of rotatable bonds is 6. The van der Waals surface area contributed by atoms with Crippen LogP contribution in [0.5, 0.6) is 0 Å². The van der Waals surface area contributed by atoms with Gasteiger partial charge in [0.2, 0.25) is 5.91 Å². The van der Waals surface area contributed by atoms with Crippen LogP contribution in [-0.4, -0.2) is 5.91 Å². The van der Waals surface area contributed by atoms with E-state index in [9.17, 15) is 4.79 Å². The van der Waals surface area contributed by atoms with E-state index in [1.165, 1.54) is 5.56 Å². The number of hydrogen-bond donors (Lipinski definition) is 1. The van der Waals surface area contributed by atoms with Gasteiger partial charge in [0.25, 0.3) is 0 Å². The molecule has 0 saturated heterocycles. The van der Waals surface area contributed by atoms with Gasteiger partial charge in [0.05, 0.1) is 0 Å². The Morgan fingerprint density at radius 3 is 2.10 bits per heavy atom. The molecule has 0 radical (unpaired) electrons. The van der Waals surface area contributed by atoms with E-state index < -0.39 is 0 Å². The highest BCUT2D eigenvalue weighted by Crippen LogP contribution is 2.23. The fraction of sp³-hybridized carbons (Fsp3) is 0.611. The summed E-state index contributed by atoms with van der Waals surface area (Å²) in [6, 6.07) is 8.18. The molecule has 2 nitrogen and oxygen atoms in total. The average molecular weight is 275 g/mol. The summed E-state index contributed by atoms with van der Waals surface area (Å²) in [5.41, 5.74) is 2.33. The SMILES string of the molecule is CCC(CC)CCC(=O)Nc1ccc(C(C)(C)C)cc1. The van der Waals surface area contributed by atoms with Gasteiger partial charge in [-0.05, 0) is 35.4 Å². The van der Waals surface area contributed by atoms with Gasteiger partial charge in [0.15, 0.2) is 0 Å². The molecular formula is C18H29NO. The maximum Gasteiger partial charge on any atom is 0.224 e. The summed E-state index contributed by atoms with van der Waals surface area (Å²) >= 11 is 0. The maximum atomic E-state index is 11.9. The Morgan fingerprint density at radius 1 is 1.10 bits per heavy atom. The summed E-state index contributed by atoms with van der Waals surface area (Å²) < 4.78 is 0. The van der Waals surface area contributed by atoms with Crippen molar-refractivity contribution < 1.29 is 4.79 Å². The van der Waals surface area contributed by atoms with Crippen LogP contribution in [0.2, 0.25) is 0 Å². The molecule has 0 bridgehead atoms. The zero-order valence-electron chi connectivity index (χ0n) is 13.6. The van der Waals surface area contributed by atoms with Crippen molar-refractivity contribution in [2.45, 2.75) is 65.7 Å². The molecule has 0 unspecified atom stereocenters. The van der Waals surface area contributed by atoms with Crippen LogP contribution in [0.15, 0.2) is 24.3 Å². The summed E-state index contributed by atoms with van der Waals surface area (Å²) in [6.45, 7) is 11.0. The van der Waals surface area contributed by atoms with Crippen molar-refractivity contribution in [3.05, 3.63) is 29.8 Å². The molecule has 1 amide bonds. The quantitative estimate of drug-likeness (QED) is 0.765. The number of carbonyl (C=O) groups is 1. The predicted molar refractivity (Wildman–Crippen MR) is 87.1 cm³/mol. The van der Waals surface area contributed by atoms with Crippen LogP contribution >= 0.6 is 0 Å².